The molecule has 0 fully saturated rings. The normalized spacial score (nSPS) is 12.9. The summed E-state index contributed by atoms with van der Waals surface area (Å²) in [7, 11) is 3.69. The van der Waals surface area contributed by atoms with E-state index in [-0.39, 0.29) is 0 Å². The summed E-state index contributed by atoms with van der Waals surface area (Å²) in [4.78, 5) is 12.5. The number of rotatable bonds is 3. The maximum absolute atomic E-state index is 4.52. The summed E-state index contributed by atoms with van der Waals surface area (Å²) in [5.74, 6) is 0.857. The second kappa shape index (κ2) is 10.4. The number of nitrogens with zero attached hydrogens (tertiary/aromatic N) is 3. The van der Waals surface area contributed by atoms with Crippen molar-refractivity contribution < 1.29 is 0 Å². The molecule has 2 aromatic carbocycles. The summed E-state index contributed by atoms with van der Waals surface area (Å²) in [5.41, 5.74) is 9.48. The van der Waals surface area contributed by atoms with E-state index in [9.17, 15) is 0 Å². The van der Waals surface area contributed by atoms with E-state index in [0.717, 1.165) is 22.8 Å². The molecule has 0 radical (unpaired) electrons. The molecule has 0 atom stereocenters. The Balaban J connectivity index is 0.000000275. The standard InChI is InChI=1S/C22H19N3.C6H8N2/c1-3-16-17-7-4-5-8-19(17)21-18(16)9-6-10-20(21)22(23-2)25-15-11-13-24-14-12-15;1-7-6-3-2-4-8-5-6/h3-14H,1-2H3,(H,23,24,25);2-5,7H,1H3/b16-3+;. The Kier molecular flexibility index (Phi) is 6.90. The second-order valence-electron chi connectivity index (χ2n) is 7.40. The molecule has 1 aliphatic carbocycles. The topological polar surface area (TPSA) is 62.2 Å². The van der Waals surface area contributed by atoms with Crippen LogP contribution in [0.15, 0.2) is 103 Å². The average Bonchev–Trinajstić information content (AvgIpc) is 3.22. The van der Waals surface area contributed by atoms with E-state index >= 15 is 0 Å². The fourth-order valence-corrected chi connectivity index (χ4v) is 3.98. The quantitative estimate of drug-likeness (QED) is 0.266. The number of aromatic nitrogens is 2. The highest BCUT2D eigenvalue weighted by atomic mass is 15.0. The van der Waals surface area contributed by atoms with E-state index in [0.29, 0.717) is 0 Å². The van der Waals surface area contributed by atoms with Crippen LogP contribution in [-0.2, 0) is 0 Å². The van der Waals surface area contributed by atoms with Crippen LogP contribution in [-0.4, -0.2) is 29.9 Å². The first-order valence-corrected chi connectivity index (χ1v) is 10.9. The molecule has 0 saturated heterocycles. The number of hydrogen-bond acceptors (Lipinski definition) is 4. The van der Waals surface area contributed by atoms with Crippen molar-refractivity contribution in [3.63, 3.8) is 0 Å². The Morgan fingerprint density at radius 3 is 2.18 bits per heavy atom. The first-order chi connectivity index (χ1) is 16.3. The maximum Gasteiger partial charge on any atom is 0.133 e. The van der Waals surface area contributed by atoms with Crippen LogP contribution < -0.4 is 10.6 Å². The van der Waals surface area contributed by atoms with Gasteiger partial charge in [0.15, 0.2) is 0 Å². The molecule has 0 bridgehead atoms. The molecule has 4 aromatic rings. The molecular formula is C28H27N5. The third kappa shape index (κ3) is 4.67. The molecule has 5 heteroatoms. The van der Waals surface area contributed by atoms with Crippen molar-refractivity contribution >= 4 is 22.8 Å². The van der Waals surface area contributed by atoms with Crippen LogP contribution in [0.3, 0.4) is 0 Å². The van der Waals surface area contributed by atoms with Gasteiger partial charge in [-0.05, 0) is 53.5 Å². The molecule has 0 unspecified atom stereocenters. The van der Waals surface area contributed by atoms with Crippen molar-refractivity contribution in [3.05, 3.63) is 114 Å². The van der Waals surface area contributed by atoms with Crippen molar-refractivity contribution in [2.45, 2.75) is 6.92 Å². The number of anilines is 2. The van der Waals surface area contributed by atoms with E-state index in [1.165, 1.54) is 27.8 Å². The van der Waals surface area contributed by atoms with E-state index in [2.05, 4.69) is 81.1 Å². The van der Waals surface area contributed by atoms with Crippen LogP contribution in [0.5, 0.6) is 0 Å². The Morgan fingerprint density at radius 2 is 1.55 bits per heavy atom. The van der Waals surface area contributed by atoms with Crippen molar-refractivity contribution in [2.24, 2.45) is 4.99 Å². The van der Waals surface area contributed by atoms with Gasteiger partial charge >= 0.3 is 0 Å². The number of nitrogens with one attached hydrogen (secondary N) is 2. The number of benzene rings is 2. The maximum atomic E-state index is 4.52. The molecule has 0 saturated carbocycles. The van der Waals surface area contributed by atoms with Crippen LogP contribution in [0.25, 0.3) is 16.7 Å². The summed E-state index contributed by atoms with van der Waals surface area (Å²) >= 11 is 0. The summed E-state index contributed by atoms with van der Waals surface area (Å²) in [6.07, 6.45) is 9.27. The SMILES string of the molecule is C/C=C1\c2ccccc2-c2c(C(=NC)Nc3ccncc3)cccc21.CNc1cccnc1. The molecule has 0 aliphatic heterocycles. The van der Waals surface area contributed by atoms with E-state index in [1.807, 2.05) is 38.4 Å². The molecule has 1 aliphatic rings. The number of pyridine rings is 2. The van der Waals surface area contributed by atoms with Gasteiger partial charge in [-0.3, -0.25) is 15.0 Å². The molecule has 2 heterocycles. The van der Waals surface area contributed by atoms with Gasteiger partial charge in [0, 0.05) is 55.7 Å². The predicted octanol–water partition coefficient (Wildman–Crippen LogP) is 6.13. The smallest absolute Gasteiger partial charge is 0.133 e. The Labute approximate surface area is 195 Å². The van der Waals surface area contributed by atoms with Gasteiger partial charge in [0.1, 0.15) is 5.84 Å². The minimum Gasteiger partial charge on any atom is -0.387 e. The van der Waals surface area contributed by atoms with E-state index in [4.69, 9.17) is 0 Å². The Morgan fingerprint density at radius 1 is 0.788 bits per heavy atom. The lowest BCUT2D eigenvalue weighted by Crippen LogP contribution is -2.15. The van der Waals surface area contributed by atoms with Crippen molar-refractivity contribution in [1.29, 1.82) is 0 Å². The summed E-state index contributed by atoms with van der Waals surface area (Å²) in [6, 6.07) is 22.7. The lowest BCUT2D eigenvalue weighted by Gasteiger charge is -2.14. The predicted molar refractivity (Wildman–Crippen MR) is 139 cm³/mol. The first-order valence-electron chi connectivity index (χ1n) is 10.9. The third-order valence-electron chi connectivity index (χ3n) is 5.50. The lowest BCUT2D eigenvalue weighted by atomic mass is 9.98. The zero-order valence-corrected chi connectivity index (χ0v) is 19.1. The van der Waals surface area contributed by atoms with Crippen molar-refractivity contribution in [2.75, 3.05) is 24.7 Å². The number of allylic oxidation sites excluding steroid dienone is 1. The number of fused-ring (bicyclic) bond motifs is 3. The van der Waals surface area contributed by atoms with Crippen molar-refractivity contribution in [3.8, 4) is 11.1 Å². The summed E-state index contributed by atoms with van der Waals surface area (Å²) < 4.78 is 0. The first kappa shape index (κ1) is 22.0. The van der Waals surface area contributed by atoms with Crippen LogP contribution in [0.2, 0.25) is 0 Å². The number of amidine groups is 1. The summed E-state index contributed by atoms with van der Waals surface area (Å²) in [6.45, 7) is 2.10. The molecule has 0 amide bonds. The third-order valence-corrected chi connectivity index (χ3v) is 5.50. The van der Waals surface area contributed by atoms with Gasteiger partial charge in [-0.1, -0.05) is 48.5 Å². The zero-order chi connectivity index (χ0) is 23.0. The van der Waals surface area contributed by atoms with Crippen molar-refractivity contribution in [1.82, 2.24) is 9.97 Å². The highest BCUT2D eigenvalue weighted by Crippen LogP contribution is 2.45. The van der Waals surface area contributed by atoms with Gasteiger partial charge in [-0.2, -0.15) is 0 Å². The van der Waals surface area contributed by atoms with Crippen LogP contribution in [0.1, 0.15) is 23.6 Å². The minimum absolute atomic E-state index is 0.857. The Hall–Kier alpha value is -4.25. The molecule has 33 heavy (non-hydrogen) atoms. The highest BCUT2D eigenvalue weighted by Gasteiger charge is 2.26. The average molecular weight is 434 g/mol. The second-order valence-corrected chi connectivity index (χ2v) is 7.40. The highest BCUT2D eigenvalue weighted by molar-refractivity contribution is 6.16. The monoisotopic (exact) mass is 433 g/mol. The lowest BCUT2D eigenvalue weighted by molar-refractivity contribution is 1.31. The summed E-state index contributed by atoms with van der Waals surface area (Å²) in [5, 5.41) is 6.39. The molecule has 5 nitrogen and oxygen atoms in total. The van der Waals surface area contributed by atoms with Gasteiger partial charge < -0.3 is 10.6 Å². The van der Waals surface area contributed by atoms with Gasteiger partial charge in [0.25, 0.3) is 0 Å². The van der Waals surface area contributed by atoms with Crippen LogP contribution in [0, 0.1) is 0 Å². The Bertz CT molecular complexity index is 1280. The zero-order valence-electron chi connectivity index (χ0n) is 19.1. The minimum atomic E-state index is 0.857. The molecule has 5 rings (SSSR count). The fourth-order valence-electron chi connectivity index (χ4n) is 3.98. The van der Waals surface area contributed by atoms with Crippen LogP contribution in [0.4, 0.5) is 11.4 Å². The molecule has 2 aromatic heterocycles. The largest absolute Gasteiger partial charge is 0.387 e. The van der Waals surface area contributed by atoms with Gasteiger partial charge in [0.2, 0.25) is 0 Å². The van der Waals surface area contributed by atoms with E-state index < -0.39 is 0 Å². The molecular weight excluding hydrogens is 406 g/mol. The van der Waals surface area contributed by atoms with E-state index in [1.54, 1.807) is 24.8 Å². The fraction of sp³-hybridized carbons (Fsp3) is 0.107. The van der Waals surface area contributed by atoms with Gasteiger partial charge in [0.05, 0.1) is 5.69 Å². The number of hydrogen-bond donors (Lipinski definition) is 2. The van der Waals surface area contributed by atoms with Gasteiger partial charge in [-0.15, -0.1) is 0 Å². The van der Waals surface area contributed by atoms with Gasteiger partial charge in [-0.25, -0.2) is 0 Å². The van der Waals surface area contributed by atoms with Crippen LogP contribution >= 0.6 is 0 Å². The molecule has 0 spiro atoms. The molecule has 2 N–H and O–H groups in total. The molecule has 164 valence electrons. The number of aliphatic imine (C=N–C) groups is 1.